The summed E-state index contributed by atoms with van der Waals surface area (Å²) in [7, 11) is 3.04. The first kappa shape index (κ1) is 19.9. The Morgan fingerprint density at radius 1 is 1.10 bits per heavy atom. The van der Waals surface area contributed by atoms with Gasteiger partial charge in [-0.1, -0.05) is 12.1 Å². The first-order valence-corrected chi connectivity index (χ1v) is 10.2. The lowest BCUT2D eigenvalue weighted by atomic mass is 10.2. The summed E-state index contributed by atoms with van der Waals surface area (Å²) in [4.78, 5) is 43.6. The summed E-state index contributed by atoms with van der Waals surface area (Å²) in [6.45, 7) is 2.49. The summed E-state index contributed by atoms with van der Waals surface area (Å²) in [6.07, 6.45) is 4.76. The number of aryl methyl sites for hydroxylation is 2. The lowest BCUT2D eigenvalue weighted by Crippen LogP contribution is -2.37. The van der Waals surface area contributed by atoms with Crippen LogP contribution in [-0.2, 0) is 25.4 Å². The van der Waals surface area contributed by atoms with Crippen molar-refractivity contribution in [1.82, 2.24) is 18.7 Å². The standard InChI is InChI=1S/C21H26N6O3/c1-24-19-18(20(29)25(2)21(24)30)27(14-22-19)13-7-10-17(28)23-15-8-3-4-9-16(15)26-11-5-6-12-26/h3-4,8-9,14H,5-7,10-13H2,1-2H3,(H,23,28). The molecule has 1 aromatic carbocycles. The maximum absolute atomic E-state index is 12.5. The van der Waals surface area contributed by atoms with E-state index in [1.54, 1.807) is 17.9 Å². The van der Waals surface area contributed by atoms with E-state index in [2.05, 4.69) is 15.2 Å². The van der Waals surface area contributed by atoms with Crippen molar-refractivity contribution in [2.24, 2.45) is 14.1 Å². The quantitative estimate of drug-likeness (QED) is 0.664. The molecule has 1 N–H and O–H groups in total. The van der Waals surface area contributed by atoms with Crippen LogP contribution in [0, 0.1) is 0 Å². The fraction of sp³-hybridized carbons (Fsp3) is 0.429. The van der Waals surface area contributed by atoms with E-state index < -0.39 is 5.69 Å². The Labute approximate surface area is 173 Å². The molecule has 0 aliphatic carbocycles. The number of imidazole rings is 1. The van der Waals surface area contributed by atoms with Crippen LogP contribution >= 0.6 is 0 Å². The van der Waals surface area contributed by atoms with Gasteiger partial charge in [0.1, 0.15) is 0 Å². The van der Waals surface area contributed by atoms with Gasteiger partial charge in [0, 0.05) is 40.2 Å². The average Bonchev–Trinajstić information content (AvgIpc) is 3.41. The molecule has 0 spiro atoms. The Bertz CT molecular complexity index is 1200. The topological polar surface area (TPSA) is 94.2 Å². The number of aromatic nitrogens is 4. The summed E-state index contributed by atoms with van der Waals surface area (Å²) >= 11 is 0. The first-order chi connectivity index (χ1) is 14.5. The number of amides is 1. The van der Waals surface area contributed by atoms with Crippen LogP contribution in [0.5, 0.6) is 0 Å². The van der Waals surface area contributed by atoms with Crippen LogP contribution in [0.3, 0.4) is 0 Å². The zero-order chi connectivity index (χ0) is 21.3. The highest BCUT2D eigenvalue weighted by atomic mass is 16.2. The Balaban J connectivity index is 1.43. The predicted molar refractivity (Wildman–Crippen MR) is 116 cm³/mol. The highest BCUT2D eigenvalue weighted by Gasteiger charge is 2.17. The molecule has 0 bridgehead atoms. The van der Waals surface area contributed by atoms with Crippen LogP contribution < -0.4 is 21.5 Å². The van der Waals surface area contributed by atoms with Gasteiger partial charge in [-0.15, -0.1) is 0 Å². The summed E-state index contributed by atoms with van der Waals surface area (Å²) in [5.74, 6) is -0.0635. The molecule has 158 valence electrons. The van der Waals surface area contributed by atoms with Crippen LogP contribution in [0.1, 0.15) is 25.7 Å². The number of hydrogen-bond donors (Lipinski definition) is 1. The van der Waals surface area contributed by atoms with E-state index in [0.29, 0.717) is 30.6 Å². The van der Waals surface area contributed by atoms with Crippen molar-refractivity contribution in [2.45, 2.75) is 32.2 Å². The zero-order valence-corrected chi connectivity index (χ0v) is 17.3. The van der Waals surface area contributed by atoms with Gasteiger partial charge in [0.25, 0.3) is 5.56 Å². The Morgan fingerprint density at radius 3 is 2.60 bits per heavy atom. The van der Waals surface area contributed by atoms with E-state index in [-0.39, 0.29) is 11.5 Å². The van der Waals surface area contributed by atoms with Gasteiger partial charge in [-0.25, -0.2) is 9.78 Å². The molecule has 0 unspecified atom stereocenters. The molecule has 1 amide bonds. The third kappa shape index (κ3) is 3.62. The molecular formula is C21H26N6O3. The summed E-state index contributed by atoms with van der Waals surface area (Å²) in [6, 6.07) is 7.88. The second-order valence-corrected chi connectivity index (χ2v) is 7.68. The van der Waals surface area contributed by atoms with Crippen molar-refractivity contribution < 1.29 is 4.79 Å². The number of hydrogen-bond acceptors (Lipinski definition) is 5. The molecule has 1 saturated heterocycles. The number of fused-ring (bicyclic) bond motifs is 1. The fourth-order valence-electron chi connectivity index (χ4n) is 4.00. The van der Waals surface area contributed by atoms with Gasteiger partial charge < -0.3 is 14.8 Å². The van der Waals surface area contributed by atoms with Crippen molar-refractivity contribution in [1.29, 1.82) is 0 Å². The number of anilines is 2. The highest BCUT2D eigenvalue weighted by Crippen LogP contribution is 2.28. The molecule has 1 fully saturated rings. The summed E-state index contributed by atoms with van der Waals surface area (Å²) in [5.41, 5.74) is 1.84. The molecular weight excluding hydrogens is 384 g/mol. The number of carbonyl (C=O) groups is 1. The molecule has 1 aliphatic heterocycles. The van der Waals surface area contributed by atoms with Gasteiger partial charge in [0.15, 0.2) is 11.2 Å². The van der Waals surface area contributed by atoms with Crippen molar-refractivity contribution in [3.8, 4) is 0 Å². The van der Waals surface area contributed by atoms with E-state index in [1.165, 1.54) is 24.5 Å². The van der Waals surface area contributed by atoms with Crippen molar-refractivity contribution in [2.75, 3.05) is 23.3 Å². The van der Waals surface area contributed by atoms with Crippen molar-refractivity contribution >= 4 is 28.4 Å². The smallest absolute Gasteiger partial charge is 0.332 e. The highest BCUT2D eigenvalue weighted by molar-refractivity contribution is 5.94. The molecule has 3 heterocycles. The minimum Gasteiger partial charge on any atom is -0.370 e. The maximum atomic E-state index is 12.5. The number of rotatable bonds is 6. The first-order valence-electron chi connectivity index (χ1n) is 10.2. The van der Waals surface area contributed by atoms with Gasteiger partial charge in [-0.2, -0.15) is 0 Å². The molecule has 0 saturated carbocycles. The van der Waals surface area contributed by atoms with Gasteiger partial charge >= 0.3 is 5.69 Å². The number of para-hydroxylation sites is 2. The van der Waals surface area contributed by atoms with Crippen LogP contribution in [0.15, 0.2) is 40.2 Å². The Kier molecular flexibility index (Phi) is 5.43. The molecule has 0 atom stereocenters. The Morgan fingerprint density at radius 2 is 1.83 bits per heavy atom. The third-order valence-corrected chi connectivity index (χ3v) is 5.64. The van der Waals surface area contributed by atoms with E-state index in [9.17, 15) is 14.4 Å². The normalized spacial score (nSPS) is 13.9. The predicted octanol–water partition coefficient (Wildman–Crippen LogP) is 1.45. The second kappa shape index (κ2) is 8.17. The van der Waals surface area contributed by atoms with Crippen LogP contribution in [0.25, 0.3) is 11.2 Å². The van der Waals surface area contributed by atoms with Gasteiger partial charge in [0.2, 0.25) is 5.91 Å². The zero-order valence-electron chi connectivity index (χ0n) is 17.3. The minimum atomic E-state index is -0.409. The van der Waals surface area contributed by atoms with Gasteiger partial charge in [0.05, 0.1) is 17.7 Å². The van der Waals surface area contributed by atoms with Gasteiger partial charge in [-0.3, -0.25) is 18.7 Å². The van der Waals surface area contributed by atoms with Crippen LogP contribution in [-0.4, -0.2) is 37.7 Å². The lowest BCUT2D eigenvalue weighted by molar-refractivity contribution is -0.116. The van der Waals surface area contributed by atoms with E-state index in [4.69, 9.17) is 0 Å². The molecule has 9 heteroatoms. The maximum Gasteiger partial charge on any atom is 0.332 e. The molecule has 0 radical (unpaired) electrons. The third-order valence-electron chi connectivity index (χ3n) is 5.64. The van der Waals surface area contributed by atoms with Crippen molar-refractivity contribution in [3.05, 3.63) is 51.4 Å². The summed E-state index contributed by atoms with van der Waals surface area (Å²) in [5, 5.41) is 3.02. The number of nitrogens with one attached hydrogen (secondary N) is 1. The van der Waals surface area contributed by atoms with Crippen LogP contribution in [0.2, 0.25) is 0 Å². The fourth-order valence-corrected chi connectivity index (χ4v) is 4.00. The lowest BCUT2D eigenvalue weighted by Gasteiger charge is -2.21. The van der Waals surface area contributed by atoms with E-state index in [0.717, 1.165) is 29.0 Å². The molecule has 1 aliphatic rings. The number of benzene rings is 1. The molecule has 3 aromatic rings. The molecule has 4 rings (SSSR count). The summed E-state index contributed by atoms with van der Waals surface area (Å²) < 4.78 is 4.14. The van der Waals surface area contributed by atoms with E-state index >= 15 is 0 Å². The number of nitrogens with zero attached hydrogens (tertiary/aromatic N) is 5. The average molecular weight is 410 g/mol. The minimum absolute atomic E-state index is 0.0635. The SMILES string of the molecule is Cn1c(=O)c2c(ncn2CCCC(=O)Nc2ccccc2N2CCCC2)n(C)c1=O. The second-order valence-electron chi connectivity index (χ2n) is 7.68. The largest absolute Gasteiger partial charge is 0.370 e. The van der Waals surface area contributed by atoms with Crippen LogP contribution in [0.4, 0.5) is 11.4 Å². The van der Waals surface area contributed by atoms with Crippen molar-refractivity contribution in [3.63, 3.8) is 0 Å². The van der Waals surface area contributed by atoms with E-state index in [1.807, 2.05) is 24.3 Å². The Hall–Kier alpha value is -3.36. The monoisotopic (exact) mass is 410 g/mol. The molecule has 9 nitrogen and oxygen atoms in total. The molecule has 30 heavy (non-hydrogen) atoms. The molecule has 2 aromatic heterocycles. The van der Waals surface area contributed by atoms with Gasteiger partial charge in [-0.05, 0) is 31.4 Å². The number of carbonyl (C=O) groups excluding carboxylic acids is 1.